The predicted octanol–water partition coefficient (Wildman–Crippen LogP) is 2.69. The smallest absolute Gasteiger partial charge is 0.148 e. The molecule has 2 rings (SSSR count). The first-order valence-corrected chi connectivity index (χ1v) is 6.32. The Morgan fingerprint density at radius 3 is 2.42 bits per heavy atom. The maximum absolute atomic E-state index is 5.50. The maximum atomic E-state index is 5.50. The number of hydrazine groups is 1. The Morgan fingerprint density at radius 2 is 1.79 bits per heavy atom. The number of benzene rings is 1. The van der Waals surface area contributed by atoms with E-state index in [4.69, 9.17) is 5.84 Å². The molecule has 0 saturated heterocycles. The first-order chi connectivity index (χ1) is 9.15. The average Bonchev–Trinajstić information content (AvgIpc) is 2.43. The molecule has 0 spiro atoms. The standard InChI is InChI=1S/C14H19N5/c1-4-12-17-13(10(3)14(18-12)19-15)16-11-8-6-5-7-9(11)2/h5-8H,4,15H2,1-3H3,(H2,16,17,18,19). The highest BCUT2D eigenvalue weighted by Gasteiger charge is 2.10. The van der Waals surface area contributed by atoms with E-state index in [0.29, 0.717) is 5.82 Å². The van der Waals surface area contributed by atoms with Gasteiger partial charge in [0.15, 0.2) is 0 Å². The zero-order chi connectivity index (χ0) is 13.8. The minimum atomic E-state index is 0.655. The SMILES string of the molecule is CCc1nc(NN)c(C)c(Nc2ccccc2C)n1. The molecule has 0 radical (unpaired) electrons. The van der Waals surface area contributed by atoms with Crippen LogP contribution in [0, 0.1) is 13.8 Å². The number of hydrogen-bond acceptors (Lipinski definition) is 5. The molecule has 0 fully saturated rings. The lowest BCUT2D eigenvalue weighted by Gasteiger charge is -2.14. The van der Waals surface area contributed by atoms with Crippen LogP contribution < -0.4 is 16.6 Å². The van der Waals surface area contributed by atoms with E-state index in [1.165, 1.54) is 5.56 Å². The second-order valence-corrected chi connectivity index (χ2v) is 4.40. The van der Waals surface area contributed by atoms with Crippen LogP contribution in [0.5, 0.6) is 0 Å². The molecule has 19 heavy (non-hydrogen) atoms. The summed E-state index contributed by atoms with van der Waals surface area (Å²) < 4.78 is 0. The summed E-state index contributed by atoms with van der Waals surface area (Å²) in [4.78, 5) is 8.86. The van der Waals surface area contributed by atoms with Crippen molar-refractivity contribution < 1.29 is 0 Å². The van der Waals surface area contributed by atoms with E-state index in [0.717, 1.165) is 29.3 Å². The minimum absolute atomic E-state index is 0.655. The van der Waals surface area contributed by atoms with Gasteiger partial charge in [-0.3, -0.25) is 0 Å². The highest BCUT2D eigenvalue weighted by Crippen LogP contribution is 2.24. The van der Waals surface area contributed by atoms with Crippen LogP contribution in [0.4, 0.5) is 17.3 Å². The monoisotopic (exact) mass is 257 g/mol. The summed E-state index contributed by atoms with van der Waals surface area (Å²) in [5.41, 5.74) is 5.73. The Labute approximate surface area is 113 Å². The van der Waals surface area contributed by atoms with Gasteiger partial charge in [-0.05, 0) is 25.5 Å². The Balaban J connectivity index is 2.42. The molecule has 1 aromatic heterocycles. The molecule has 0 amide bonds. The van der Waals surface area contributed by atoms with Crippen molar-refractivity contribution in [3.05, 3.63) is 41.2 Å². The molecule has 0 bridgehead atoms. The highest BCUT2D eigenvalue weighted by molar-refractivity contribution is 5.66. The van der Waals surface area contributed by atoms with Crippen molar-refractivity contribution in [1.82, 2.24) is 9.97 Å². The third kappa shape index (κ3) is 2.82. The van der Waals surface area contributed by atoms with Gasteiger partial charge in [0, 0.05) is 17.7 Å². The fourth-order valence-corrected chi connectivity index (χ4v) is 1.82. The van der Waals surface area contributed by atoms with Crippen LogP contribution in [0.25, 0.3) is 0 Å². The summed E-state index contributed by atoms with van der Waals surface area (Å²) in [6.45, 7) is 6.01. The van der Waals surface area contributed by atoms with E-state index < -0.39 is 0 Å². The van der Waals surface area contributed by atoms with Gasteiger partial charge in [0.2, 0.25) is 0 Å². The number of anilines is 3. The molecular weight excluding hydrogens is 238 g/mol. The lowest BCUT2D eigenvalue weighted by molar-refractivity contribution is 0.932. The second-order valence-electron chi connectivity index (χ2n) is 4.40. The lowest BCUT2D eigenvalue weighted by Crippen LogP contribution is -2.14. The first-order valence-electron chi connectivity index (χ1n) is 6.32. The molecule has 1 aromatic carbocycles. The number of para-hydroxylation sites is 1. The van der Waals surface area contributed by atoms with Gasteiger partial charge < -0.3 is 10.7 Å². The summed E-state index contributed by atoms with van der Waals surface area (Å²) >= 11 is 0. The number of aromatic nitrogens is 2. The van der Waals surface area contributed by atoms with Crippen molar-refractivity contribution in [1.29, 1.82) is 0 Å². The fraction of sp³-hybridized carbons (Fsp3) is 0.286. The van der Waals surface area contributed by atoms with Gasteiger partial charge in [-0.1, -0.05) is 25.1 Å². The molecule has 0 unspecified atom stereocenters. The minimum Gasteiger partial charge on any atom is -0.340 e. The van der Waals surface area contributed by atoms with Crippen molar-refractivity contribution in [3.63, 3.8) is 0 Å². The van der Waals surface area contributed by atoms with Crippen molar-refractivity contribution in [2.75, 3.05) is 10.7 Å². The van der Waals surface area contributed by atoms with Crippen LogP contribution in [0.15, 0.2) is 24.3 Å². The summed E-state index contributed by atoms with van der Waals surface area (Å²) in [6.07, 6.45) is 0.761. The summed E-state index contributed by atoms with van der Waals surface area (Å²) in [5, 5.41) is 3.34. The zero-order valence-corrected chi connectivity index (χ0v) is 11.5. The van der Waals surface area contributed by atoms with Crippen LogP contribution in [-0.4, -0.2) is 9.97 Å². The molecule has 5 heteroatoms. The second kappa shape index (κ2) is 5.67. The van der Waals surface area contributed by atoms with Crippen LogP contribution in [0.3, 0.4) is 0 Å². The van der Waals surface area contributed by atoms with E-state index in [1.54, 1.807) is 0 Å². The fourth-order valence-electron chi connectivity index (χ4n) is 1.82. The normalized spacial score (nSPS) is 10.3. The predicted molar refractivity (Wildman–Crippen MR) is 78.4 cm³/mol. The topological polar surface area (TPSA) is 75.9 Å². The van der Waals surface area contributed by atoms with Crippen LogP contribution in [0.2, 0.25) is 0 Å². The number of aryl methyl sites for hydroxylation is 2. The quantitative estimate of drug-likeness (QED) is 0.580. The van der Waals surface area contributed by atoms with Crippen LogP contribution in [-0.2, 0) is 6.42 Å². The van der Waals surface area contributed by atoms with Gasteiger partial charge in [-0.2, -0.15) is 0 Å². The number of nitrogens with one attached hydrogen (secondary N) is 2. The number of nitrogens with two attached hydrogens (primary N) is 1. The van der Waals surface area contributed by atoms with E-state index in [1.807, 2.05) is 32.0 Å². The number of nitrogens with zero attached hydrogens (tertiary/aromatic N) is 2. The van der Waals surface area contributed by atoms with Gasteiger partial charge >= 0.3 is 0 Å². The Bertz CT molecular complexity index is 580. The largest absolute Gasteiger partial charge is 0.340 e. The van der Waals surface area contributed by atoms with E-state index in [9.17, 15) is 0 Å². The Hall–Kier alpha value is -2.14. The molecule has 0 aliphatic heterocycles. The number of nitrogen functional groups attached to an aromatic ring is 1. The zero-order valence-electron chi connectivity index (χ0n) is 11.5. The molecule has 4 N–H and O–H groups in total. The van der Waals surface area contributed by atoms with Crippen molar-refractivity contribution in [2.24, 2.45) is 5.84 Å². The number of rotatable bonds is 4. The molecule has 1 heterocycles. The van der Waals surface area contributed by atoms with Crippen molar-refractivity contribution >= 4 is 17.3 Å². The molecule has 5 nitrogen and oxygen atoms in total. The van der Waals surface area contributed by atoms with Gasteiger partial charge in [-0.15, -0.1) is 0 Å². The molecule has 0 aliphatic rings. The summed E-state index contributed by atoms with van der Waals surface area (Å²) in [7, 11) is 0. The van der Waals surface area contributed by atoms with Crippen LogP contribution in [0.1, 0.15) is 23.9 Å². The Kier molecular flexibility index (Phi) is 3.97. The third-order valence-electron chi connectivity index (χ3n) is 3.04. The van der Waals surface area contributed by atoms with Crippen LogP contribution >= 0.6 is 0 Å². The molecule has 0 saturated carbocycles. The lowest BCUT2D eigenvalue weighted by atomic mass is 10.2. The van der Waals surface area contributed by atoms with Crippen molar-refractivity contribution in [2.45, 2.75) is 27.2 Å². The molecule has 100 valence electrons. The van der Waals surface area contributed by atoms with E-state index in [-0.39, 0.29) is 0 Å². The van der Waals surface area contributed by atoms with Gasteiger partial charge in [0.1, 0.15) is 17.5 Å². The van der Waals surface area contributed by atoms with E-state index >= 15 is 0 Å². The number of hydrogen-bond donors (Lipinski definition) is 3. The summed E-state index contributed by atoms with van der Waals surface area (Å²) in [6, 6.07) is 8.09. The van der Waals surface area contributed by atoms with Gasteiger partial charge in [0.25, 0.3) is 0 Å². The highest BCUT2D eigenvalue weighted by atomic mass is 15.3. The van der Waals surface area contributed by atoms with Crippen molar-refractivity contribution in [3.8, 4) is 0 Å². The molecule has 0 aliphatic carbocycles. The first kappa shape index (κ1) is 13.3. The third-order valence-corrected chi connectivity index (χ3v) is 3.04. The van der Waals surface area contributed by atoms with E-state index in [2.05, 4.69) is 33.7 Å². The molecule has 2 aromatic rings. The van der Waals surface area contributed by atoms with Gasteiger partial charge in [0.05, 0.1) is 0 Å². The Morgan fingerprint density at radius 1 is 1.11 bits per heavy atom. The molecule has 0 atom stereocenters. The summed E-state index contributed by atoms with van der Waals surface area (Å²) in [5.74, 6) is 7.70. The maximum Gasteiger partial charge on any atom is 0.148 e. The average molecular weight is 257 g/mol. The van der Waals surface area contributed by atoms with Gasteiger partial charge in [-0.25, -0.2) is 15.8 Å². The molecular formula is C14H19N5.